The number of rotatable bonds is 1. The van der Waals surface area contributed by atoms with Gasteiger partial charge in [-0.3, -0.25) is 0 Å². The van der Waals surface area contributed by atoms with E-state index in [0.29, 0.717) is 0 Å². The second kappa shape index (κ2) is 4.72. The van der Waals surface area contributed by atoms with Crippen molar-refractivity contribution in [3.8, 4) is 0 Å². The molecule has 3 N–H and O–H groups in total. The number of nitrogens with two attached hydrogens (primary N) is 1. The van der Waals surface area contributed by atoms with Crippen LogP contribution in [0.25, 0.3) is 0 Å². The van der Waals surface area contributed by atoms with E-state index in [9.17, 15) is 14.0 Å². The number of amides is 1. The van der Waals surface area contributed by atoms with Gasteiger partial charge in [0.1, 0.15) is 5.60 Å². The highest BCUT2D eigenvalue weighted by Gasteiger charge is 2.50. The summed E-state index contributed by atoms with van der Waals surface area (Å²) in [6, 6.07) is -1.12. The minimum atomic E-state index is -2.62. The maximum atomic E-state index is 14.2. The Morgan fingerprint density at radius 1 is 1.50 bits per heavy atom. The zero-order valence-electron chi connectivity index (χ0n) is 10.8. The van der Waals surface area contributed by atoms with E-state index < -0.39 is 35.9 Å². The van der Waals surface area contributed by atoms with Crippen LogP contribution in [0.5, 0.6) is 0 Å². The van der Waals surface area contributed by atoms with E-state index in [2.05, 4.69) is 0 Å². The minimum Gasteiger partial charge on any atom is -0.479 e. The SMILES string of the molecule is CC(C)(C)OC(=O)N1CCC(N)C(F)(C(=O)O)C1. The molecule has 2 unspecified atom stereocenters. The van der Waals surface area contributed by atoms with Crippen LogP contribution in [0.2, 0.25) is 0 Å². The summed E-state index contributed by atoms with van der Waals surface area (Å²) in [7, 11) is 0. The molecule has 1 amide bonds. The number of carboxylic acids is 1. The minimum absolute atomic E-state index is 0.0854. The third kappa shape index (κ3) is 3.10. The summed E-state index contributed by atoms with van der Waals surface area (Å²) in [5.41, 5.74) is 2.14. The van der Waals surface area contributed by atoms with Crippen molar-refractivity contribution in [2.75, 3.05) is 13.1 Å². The normalized spacial score (nSPS) is 28.9. The quantitative estimate of drug-likeness (QED) is 0.727. The van der Waals surface area contributed by atoms with Crippen molar-refractivity contribution in [1.29, 1.82) is 0 Å². The highest BCUT2D eigenvalue weighted by atomic mass is 19.1. The van der Waals surface area contributed by atoms with Crippen LogP contribution < -0.4 is 5.73 Å². The second-order valence-electron chi connectivity index (χ2n) is 5.46. The number of hydrogen-bond acceptors (Lipinski definition) is 4. The van der Waals surface area contributed by atoms with Gasteiger partial charge in [0.05, 0.1) is 12.6 Å². The van der Waals surface area contributed by atoms with Crippen LogP contribution in [0.1, 0.15) is 27.2 Å². The first-order chi connectivity index (χ1) is 8.06. The van der Waals surface area contributed by atoms with E-state index in [0.717, 1.165) is 4.90 Å². The van der Waals surface area contributed by atoms with Gasteiger partial charge in [0.15, 0.2) is 0 Å². The lowest BCUT2D eigenvalue weighted by Gasteiger charge is -2.39. The molecule has 6 nitrogen and oxygen atoms in total. The van der Waals surface area contributed by atoms with E-state index in [1.165, 1.54) is 0 Å². The van der Waals surface area contributed by atoms with Gasteiger partial charge in [0.2, 0.25) is 5.67 Å². The largest absolute Gasteiger partial charge is 0.479 e. The summed E-state index contributed by atoms with van der Waals surface area (Å²) in [4.78, 5) is 23.7. The predicted octanol–water partition coefficient (Wildman–Crippen LogP) is 0.747. The van der Waals surface area contributed by atoms with Crippen LogP contribution in [0, 0.1) is 0 Å². The van der Waals surface area contributed by atoms with Crippen LogP contribution in [0.4, 0.5) is 9.18 Å². The molecule has 0 radical (unpaired) electrons. The average molecular weight is 262 g/mol. The molecule has 1 heterocycles. The number of alkyl halides is 1. The number of hydrogen-bond donors (Lipinski definition) is 2. The van der Waals surface area contributed by atoms with Crippen LogP contribution in [-0.4, -0.2) is 52.5 Å². The molecule has 1 aliphatic rings. The van der Waals surface area contributed by atoms with Gasteiger partial charge in [-0.05, 0) is 27.2 Å². The summed E-state index contributed by atoms with van der Waals surface area (Å²) in [6.45, 7) is 4.65. The maximum absolute atomic E-state index is 14.2. The average Bonchev–Trinajstić information content (AvgIpc) is 2.19. The topological polar surface area (TPSA) is 92.9 Å². The number of carboxylic acid groups (broad SMARTS) is 1. The molecule has 0 aliphatic carbocycles. The lowest BCUT2D eigenvalue weighted by atomic mass is 9.90. The third-order valence-electron chi connectivity index (χ3n) is 2.73. The third-order valence-corrected chi connectivity index (χ3v) is 2.73. The maximum Gasteiger partial charge on any atom is 0.410 e. The molecule has 0 aromatic heterocycles. The van der Waals surface area contributed by atoms with Crippen molar-refractivity contribution in [2.45, 2.75) is 44.5 Å². The van der Waals surface area contributed by atoms with Gasteiger partial charge in [-0.25, -0.2) is 14.0 Å². The summed E-state index contributed by atoms with van der Waals surface area (Å²) in [5, 5.41) is 8.87. The molecule has 104 valence electrons. The van der Waals surface area contributed by atoms with Gasteiger partial charge in [-0.1, -0.05) is 0 Å². The number of likely N-dealkylation sites (tertiary alicyclic amines) is 1. The fourth-order valence-corrected chi connectivity index (χ4v) is 1.71. The summed E-state index contributed by atoms with van der Waals surface area (Å²) < 4.78 is 19.2. The zero-order chi connectivity index (χ0) is 14.1. The van der Waals surface area contributed by atoms with Gasteiger partial charge in [0, 0.05) is 6.54 Å². The highest BCUT2D eigenvalue weighted by Crippen LogP contribution is 2.26. The van der Waals surface area contributed by atoms with E-state index in [4.69, 9.17) is 15.6 Å². The standard InChI is InChI=1S/C11H19FN2O4/c1-10(2,3)18-9(17)14-5-4-7(13)11(12,6-14)8(15)16/h7H,4-6,13H2,1-3H3,(H,15,16). The lowest BCUT2D eigenvalue weighted by molar-refractivity contribution is -0.155. The molecular formula is C11H19FN2O4. The molecule has 0 bridgehead atoms. The lowest BCUT2D eigenvalue weighted by Crippen LogP contribution is -2.63. The number of piperidine rings is 1. The van der Waals surface area contributed by atoms with Crippen LogP contribution in [-0.2, 0) is 9.53 Å². The first kappa shape index (κ1) is 14.7. The Morgan fingerprint density at radius 2 is 2.06 bits per heavy atom. The van der Waals surface area contributed by atoms with E-state index in [1.54, 1.807) is 20.8 Å². The van der Waals surface area contributed by atoms with Crippen LogP contribution in [0.15, 0.2) is 0 Å². The van der Waals surface area contributed by atoms with Crippen molar-refractivity contribution >= 4 is 12.1 Å². The van der Waals surface area contributed by atoms with Crippen molar-refractivity contribution in [3.63, 3.8) is 0 Å². The van der Waals surface area contributed by atoms with Crippen molar-refractivity contribution in [3.05, 3.63) is 0 Å². The molecule has 7 heteroatoms. The van der Waals surface area contributed by atoms with Gasteiger partial charge >= 0.3 is 12.1 Å². The number of nitrogens with zero attached hydrogens (tertiary/aromatic N) is 1. The Hall–Kier alpha value is -1.37. The van der Waals surface area contributed by atoms with Gasteiger partial charge < -0.3 is 20.5 Å². The molecule has 1 rings (SSSR count). The molecule has 1 saturated heterocycles. The fourth-order valence-electron chi connectivity index (χ4n) is 1.71. The highest BCUT2D eigenvalue weighted by molar-refractivity contribution is 5.80. The molecule has 2 atom stereocenters. The molecule has 0 aromatic carbocycles. The van der Waals surface area contributed by atoms with E-state index >= 15 is 0 Å². The van der Waals surface area contributed by atoms with Crippen LogP contribution >= 0.6 is 0 Å². The van der Waals surface area contributed by atoms with E-state index in [1.807, 2.05) is 0 Å². The first-order valence-electron chi connectivity index (χ1n) is 5.72. The van der Waals surface area contributed by atoms with Crippen LogP contribution in [0.3, 0.4) is 0 Å². The Morgan fingerprint density at radius 3 is 2.50 bits per heavy atom. The first-order valence-corrected chi connectivity index (χ1v) is 5.72. The monoisotopic (exact) mass is 262 g/mol. The molecule has 18 heavy (non-hydrogen) atoms. The Labute approximate surface area is 105 Å². The summed E-state index contributed by atoms with van der Waals surface area (Å²) >= 11 is 0. The van der Waals surface area contributed by atoms with Crippen molar-refractivity contribution in [1.82, 2.24) is 4.90 Å². The number of ether oxygens (including phenoxy) is 1. The van der Waals surface area contributed by atoms with Gasteiger partial charge in [-0.15, -0.1) is 0 Å². The molecule has 0 spiro atoms. The van der Waals surface area contributed by atoms with Gasteiger partial charge in [0.25, 0.3) is 0 Å². The van der Waals surface area contributed by atoms with Crippen molar-refractivity contribution < 1.29 is 23.8 Å². The fraction of sp³-hybridized carbons (Fsp3) is 0.818. The van der Waals surface area contributed by atoms with Gasteiger partial charge in [-0.2, -0.15) is 0 Å². The molecule has 0 aromatic rings. The number of carbonyl (C=O) groups excluding carboxylic acids is 1. The molecule has 1 fully saturated rings. The molecular weight excluding hydrogens is 243 g/mol. The Balaban J connectivity index is 2.77. The number of aliphatic carboxylic acids is 1. The predicted molar refractivity (Wildman–Crippen MR) is 61.9 cm³/mol. The second-order valence-corrected chi connectivity index (χ2v) is 5.46. The Kier molecular flexibility index (Phi) is 3.85. The summed E-state index contributed by atoms with van der Waals surface area (Å²) in [6.07, 6.45) is -0.639. The molecule has 0 saturated carbocycles. The zero-order valence-corrected chi connectivity index (χ0v) is 10.8. The van der Waals surface area contributed by atoms with E-state index in [-0.39, 0.29) is 13.0 Å². The summed E-state index contributed by atoms with van der Waals surface area (Å²) in [5.74, 6) is -1.65. The Bertz CT molecular complexity index is 355. The van der Waals surface area contributed by atoms with Crippen molar-refractivity contribution in [2.24, 2.45) is 5.73 Å². The number of halogens is 1. The number of carbonyl (C=O) groups is 2. The molecule has 1 aliphatic heterocycles. The smallest absolute Gasteiger partial charge is 0.410 e.